The Morgan fingerprint density at radius 3 is 1.70 bits per heavy atom. The second-order valence-corrected chi connectivity index (χ2v) is 22.9. The molecule has 0 aliphatic heterocycles. The number of nitrogen functional groups attached to an aromatic ring is 1. The highest BCUT2D eigenvalue weighted by Crippen LogP contribution is 2.37. The number of hydrogen-bond donors (Lipinski definition) is 4. The summed E-state index contributed by atoms with van der Waals surface area (Å²) in [5.41, 5.74) is 11.7. The van der Waals surface area contributed by atoms with Crippen LogP contribution in [0.2, 0.25) is 0 Å². The van der Waals surface area contributed by atoms with Gasteiger partial charge in [-0.2, -0.15) is 43.9 Å². The van der Waals surface area contributed by atoms with Gasteiger partial charge < -0.3 is 20.9 Å². The van der Waals surface area contributed by atoms with E-state index >= 15 is 0 Å². The van der Waals surface area contributed by atoms with Crippen molar-refractivity contribution in [2.75, 3.05) is 63.6 Å². The number of benzene rings is 4. The molecule has 352 valence electrons. The van der Waals surface area contributed by atoms with Gasteiger partial charge >= 0.3 is 0 Å². The zero-order valence-electron chi connectivity index (χ0n) is 33.5. The number of anilines is 1. The van der Waals surface area contributed by atoms with Gasteiger partial charge in [-0.1, -0.05) is 24.3 Å². The molecule has 0 spiro atoms. The summed E-state index contributed by atoms with van der Waals surface area (Å²) in [5.74, 6) is -3.99. The van der Waals surface area contributed by atoms with E-state index in [1.165, 1.54) is 37.4 Å². The van der Waals surface area contributed by atoms with Crippen LogP contribution in [0.3, 0.4) is 0 Å². The molecule has 0 aliphatic carbocycles. The summed E-state index contributed by atoms with van der Waals surface area (Å²) < 4.78 is 177. The minimum Gasteiger partial charge on any atom is -0.397 e. The van der Waals surface area contributed by atoms with Crippen LogP contribution in [0.4, 0.5) is 22.7 Å². The van der Waals surface area contributed by atoms with Crippen molar-refractivity contribution in [2.24, 2.45) is 26.2 Å². The highest BCUT2D eigenvalue weighted by atomic mass is 32.2. The molecule has 0 bridgehead atoms. The molecule has 0 saturated carbocycles. The number of azo groups is 2. The van der Waals surface area contributed by atoms with Gasteiger partial charge in [-0.25, -0.2) is 16.8 Å². The van der Waals surface area contributed by atoms with Crippen LogP contribution < -0.4 is 11.5 Å². The first-order chi connectivity index (χ1) is 29.6. The number of amides is 1. The van der Waals surface area contributed by atoms with Crippen LogP contribution in [-0.2, 0) is 89.2 Å². The molecule has 25 nitrogen and oxygen atoms in total. The van der Waals surface area contributed by atoms with E-state index in [1.807, 2.05) is 0 Å². The molecule has 31 heteroatoms. The summed E-state index contributed by atoms with van der Waals surface area (Å²) >= 11 is 0. The molecule has 0 saturated heterocycles. The topological polar surface area (TPSA) is 401 Å². The molecule has 0 fully saturated rings. The number of rotatable bonds is 21. The Morgan fingerprint density at radius 2 is 1.19 bits per heavy atom. The van der Waals surface area contributed by atoms with E-state index in [0.29, 0.717) is 5.56 Å². The Kier molecular flexibility index (Phi) is 18.2. The largest absolute Gasteiger partial charge is 0.397 e. The molecule has 6 N–H and O–H groups in total. The highest BCUT2D eigenvalue weighted by molar-refractivity contribution is 7.92. The minimum absolute atomic E-state index is 0.0771. The molecule has 0 aromatic heterocycles. The summed E-state index contributed by atoms with van der Waals surface area (Å²) in [6.45, 7) is -1.03. The van der Waals surface area contributed by atoms with E-state index in [2.05, 4.69) is 34.1 Å². The van der Waals surface area contributed by atoms with E-state index in [4.69, 9.17) is 24.8 Å². The van der Waals surface area contributed by atoms with Crippen molar-refractivity contribution in [3.8, 4) is 0 Å². The van der Waals surface area contributed by atoms with Crippen molar-refractivity contribution >= 4 is 99.6 Å². The Balaban J connectivity index is 0.000000376. The zero-order chi connectivity index (χ0) is 48.3. The smallest absolute Gasteiger partial charge is 0.299 e. The SMILES string of the molecule is CN=Nc1ccc(S(=O)(=O)CCOCS(=O)(=O)O)cc1S(=O)(=O)OC.COS(=O)(=O)c1c(N=Nc2c(N)cccc2CC(N)=O)ccc2cc(S(=O)(=O)CCOCS(=O)(=O)O)ccc12. The fourth-order valence-corrected chi connectivity index (χ4v) is 9.96. The molecule has 0 unspecified atom stereocenters. The van der Waals surface area contributed by atoms with E-state index in [9.17, 15) is 55.3 Å². The second-order valence-electron chi connectivity index (χ2n) is 12.5. The van der Waals surface area contributed by atoms with Crippen LogP contribution >= 0.6 is 0 Å². The summed E-state index contributed by atoms with van der Waals surface area (Å²) in [7, 11) is -22.2. The summed E-state index contributed by atoms with van der Waals surface area (Å²) in [6.07, 6.45) is -0.182. The maximum Gasteiger partial charge on any atom is 0.299 e. The number of nitrogens with zero attached hydrogens (tertiary/aromatic N) is 4. The van der Waals surface area contributed by atoms with E-state index in [-0.39, 0.29) is 49.7 Å². The summed E-state index contributed by atoms with van der Waals surface area (Å²) in [6, 6.07) is 14.2. The van der Waals surface area contributed by atoms with Gasteiger partial charge in [-0.15, -0.1) is 10.2 Å². The number of primary amides is 1. The van der Waals surface area contributed by atoms with Crippen molar-refractivity contribution in [3.05, 3.63) is 72.3 Å². The first kappa shape index (κ1) is 53.4. The number of carbonyl (C=O) groups excluding carboxylic acids is 1. The summed E-state index contributed by atoms with van der Waals surface area (Å²) in [5, 5.41) is 15.4. The van der Waals surface area contributed by atoms with E-state index in [1.54, 1.807) is 12.1 Å². The fraction of sp³-hybridized carbons (Fsp3) is 0.303. The van der Waals surface area contributed by atoms with E-state index < -0.39 is 112 Å². The third kappa shape index (κ3) is 15.4. The van der Waals surface area contributed by atoms with Gasteiger partial charge in [0.15, 0.2) is 31.6 Å². The quantitative estimate of drug-likeness (QED) is 0.0305. The van der Waals surface area contributed by atoms with E-state index in [0.717, 1.165) is 38.5 Å². The van der Waals surface area contributed by atoms with Gasteiger partial charge in [0, 0.05) is 12.4 Å². The standard InChI is InChI=1S/C22H24N4O10S3.C11H16N2O9S3/c1-35-39(33,34)22-17-7-6-16(37(28,29)10-9-36-13-38(30,31)32)11-14(17)5-8-19(22)25-26-21-15(12-20(24)27)3-2-4-18(21)23;1-12-13-10-4-3-9(7-11(10)25(19,20)21-2)23(14,15)6-5-22-8-24(16,17)18/h2-8,11H,9-10,12-13,23H2,1H3,(H2,24,27)(H,30,31,32);3-4,7H,5-6,8H2,1-2H3,(H,16,17,18). The Bertz CT molecular complexity index is 3130. The lowest BCUT2D eigenvalue weighted by molar-refractivity contribution is -0.117. The summed E-state index contributed by atoms with van der Waals surface area (Å²) in [4.78, 5) is 10.0. The monoisotopic (exact) mass is 1020 g/mol. The van der Waals surface area contributed by atoms with Crippen molar-refractivity contribution in [3.63, 3.8) is 0 Å². The third-order valence-corrected chi connectivity index (χ3v) is 14.9. The molecule has 64 heavy (non-hydrogen) atoms. The molecule has 4 rings (SSSR count). The van der Waals surface area contributed by atoms with Crippen LogP contribution in [0.1, 0.15) is 5.56 Å². The fourth-order valence-electron chi connectivity index (χ4n) is 5.12. The normalized spacial score (nSPS) is 13.0. The first-order valence-electron chi connectivity index (χ1n) is 17.3. The van der Waals surface area contributed by atoms with Crippen LogP contribution in [0.15, 0.2) is 107 Å². The molecule has 4 aromatic rings. The Labute approximate surface area is 368 Å². The first-order valence-corrected chi connectivity index (χ1v) is 26.6. The predicted molar refractivity (Wildman–Crippen MR) is 226 cm³/mol. The number of ether oxygens (including phenoxy) is 2. The molecule has 0 atom stereocenters. The van der Waals surface area contributed by atoms with Crippen molar-refractivity contribution in [1.82, 2.24) is 0 Å². The number of hydrogen-bond acceptors (Lipinski definition) is 22. The number of fused-ring (bicyclic) bond motifs is 1. The number of carbonyl (C=O) groups is 1. The number of sulfone groups is 2. The molecular weight excluding hydrogens is 977 g/mol. The van der Waals surface area contributed by atoms with Gasteiger partial charge in [-0.3, -0.25) is 22.3 Å². The zero-order valence-corrected chi connectivity index (χ0v) is 38.4. The van der Waals surface area contributed by atoms with Crippen molar-refractivity contribution < 1.29 is 82.2 Å². The maximum absolute atomic E-state index is 12.8. The Hall–Kier alpha value is -4.93. The second kappa shape index (κ2) is 21.8. The predicted octanol–water partition coefficient (Wildman–Crippen LogP) is 2.21. The van der Waals surface area contributed by atoms with Crippen LogP contribution in [0, 0.1) is 0 Å². The maximum atomic E-state index is 12.8. The molecule has 1 amide bonds. The molecule has 0 heterocycles. The average molecular weight is 1020 g/mol. The lowest BCUT2D eigenvalue weighted by atomic mass is 10.1. The van der Waals surface area contributed by atoms with Gasteiger partial charge in [0.1, 0.15) is 26.9 Å². The van der Waals surface area contributed by atoms with Crippen molar-refractivity contribution in [1.29, 1.82) is 0 Å². The van der Waals surface area contributed by atoms with Gasteiger partial charge in [0.2, 0.25) is 5.91 Å². The van der Waals surface area contributed by atoms with Gasteiger partial charge in [-0.05, 0) is 53.4 Å². The molecule has 0 aliphatic rings. The Morgan fingerprint density at radius 1 is 0.656 bits per heavy atom. The van der Waals surface area contributed by atoms with Crippen LogP contribution in [0.25, 0.3) is 10.8 Å². The van der Waals surface area contributed by atoms with Gasteiger partial charge in [0.25, 0.3) is 40.5 Å². The highest BCUT2D eigenvalue weighted by Gasteiger charge is 2.26. The van der Waals surface area contributed by atoms with Crippen molar-refractivity contribution in [2.45, 2.75) is 26.0 Å². The lowest BCUT2D eigenvalue weighted by Gasteiger charge is -2.11. The molecule has 4 aromatic carbocycles. The number of nitrogens with two attached hydrogens (primary N) is 2. The van der Waals surface area contributed by atoms with Crippen LogP contribution in [0.5, 0.6) is 0 Å². The average Bonchev–Trinajstić information content (AvgIpc) is 3.20. The minimum atomic E-state index is -4.42. The molecular formula is C33H40N6O19S6. The third-order valence-electron chi connectivity index (χ3n) is 7.97. The molecule has 0 radical (unpaired) electrons. The lowest BCUT2D eigenvalue weighted by Crippen LogP contribution is -2.16. The van der Waals surface area contributed by atoms with Gasteiger partial charge in [0.05, 0.1) is 60.8 Å². The van der Waals surface area contributed by atoms with Crippen LogP contribution in [-0.4, -0.2) is 123 Å².